The molecule has 2 heterocycles. The van der Waals surface area contributed by atoms with E-state index in [1.54, 1.807) is 11.6 Å². The second-order valence-electron chi connectivity index (χ2n) is 4.94. The van der Waals surface area contributed by atoms with Crippen LogP contribution in [0.2, 0.25) is 0 Å². The van der Waals surface area contributed by atoms with Crippen LogP contribution in [0.1, 0.15) is 25.1 Å². The van der Waals surface area contributed by atoms with Crippen molar-refractivity contribution in [3.05, 3.63) is 12.2 Å². The summed E-state index contributed by atoms with van der Waals surface area (Å²) < 4.78 is 1.63. The lowest BCUT2D eigenvalue weighted by atomic mass is 9.66. The van der Waals surface area contributed by atoms with Crippen molar-refractivity contribution >= 4 is 17.8 Å². The lowest BCUT2D eigenvalue weighted by Crippen LogP contribution is -2.65. The molecule has 0 atom stereocenters. The number of nitrogens with one attached hydrogen (secondary N) is 1. The molecule has 1 spiro atoms. The topological polar surface area (TPSA) is 97.2 Å². The zero-order valence-electron chi connectivity index (χ0n) is 10.4. The first kappa shape index (κ1) is 11.8. The van der Waals surface area contributed by atoms with Crippen LogP contribution >= 0.6 is 0 Å². The van der Waals surface area contributed by atoms with Crippen LogP contribution in [0.5, 0.6) is 0 Å². The van der Waals surface area contributed by atoms with Crippen LogP contribution in [0.15, 0.2) is 6.33 Å². The first-order valence-corrected chi connectivity index (χ1v) is 6.05. The molecule has 1 aliphatic heterocycles. The zero-order chi connectivity index (χ0) is 13.6. The predicted molar refractivity (Wildman–Crippen MR) is 61.4 cm³/mol. The molecule has 1 aromatic rings. The van der Waals surface area contributed by atoms with Gasteiger partial charge in [0.15, 0.2) is 5.82 Å². The quantitative estimate of drug-likeness (QED) is 0.730. The standard InChI is InChI=1S/C11H13N5O3/c1-15-6-12-14-7(15)5-16-9(18)11(3-2-4-11)8(17)13-10(16)19/h6H,2-5H2,1H3,(H,13,17,19). The number of urea groups is 1. The van der Waals surface area contributed by atoms with E-state index in [4.69, 9.17) is 0 Å². The SMILES string of the molecule is Cn1cnnc1CN1C(=O)NC(=O)C2(CCC2)C1=O. The highest BCUT2D eigenvalue weighted by atomic mass is 16.2. The molecule has 4 amide bonds. The third kappa shape index (κ3) is 1.56. The Morgan fingerprint density at radius 3 is 2.63 bits per heavy atom. The number of aromatic nitrogens is 3. The number of hydrogen-bond acceptors (Lipinski definition) is 5. The predicted octanol–water partition coefficient (Wildman–Crippen LogP) is -0.436. The minimum atomic E-state index is -1.04. The van der Waals surface area contributed by atoms with Gasteiger partial charge in [-0.3, -0.25) is 19.8 Å². The first-order chi connectivity index (χ1) is 9.04. The minimum absolute atomic E-state index is 0.0240. The van der Waals surface area contributed by atoms with Crippen molar-refractivity contribution in [2.45, 2.75) is 25.8 Å². The minimum Gasteiger partial charge on any atom is -0.319 e. The Morgan fingerprint density at radius 2 is 2.11 bits per heavy atom. The summed E-state index contributed by atoms with van der Waals surface area (Å²) in [5.41, 5.74) is -1.04. The van der Waals surface area contributed by atoms with Gasteiger partial charge in [-0.25, -0.2) is 4.79 Å². The van der Waals surface area contributed by atoms with E-state index in [1.165, 1.54) is 6.33 Å². The largest absolute Gasteiger partial charge is 0.331 e. The van der Waals surface area contributed by atoms with Crippen LogP contribution < -0.4 is 5.32 Å². The number of barbiturate groups is 1. The van der Waals surface area contributed by atoms with E-state index in [1.807, 2.05) is 0 Å². The van der Waals surface area contributed by atoms with E-state index in [0.29, 0.717) is 18.7 Å². The van der Waals surface area contributed by atoms with E-state index >= 15 is 0 Å². The molecular formula is C11H13N5O3. The van der Waals surface area contributed by atoms with Crippen molar-refractivity contribution in [2.24, 2.45) is 12.5 Å². The molecule has 0 bridgehead atoms. The molecular weight excluding hydrogens is 250 g/mol. The van der Waals surface area contributed by atoms with Crippen molar-refractivity contribution in [2.75, 3.05) is 0 Å². The zero-order valence-corrected chi connectivity index (χ0v) is 10.4. The summed E-state index contributed by atoms with van der Waals surface area (Å²) in [7, 11) is 1.73. The number of carbonyl (C=O) groups excluding carboxylic acids is 3. The molecule has 19 heavy (non-hydrogen) atoms. The Balaban J connectivity index is 1.88. The molecule has 1 aromatic heterocycles. The number of rotatable bonds is 2. The summed E-state index contributed by atoms with van der Waals surface area (Å²) in [6, 6.07) is -0.685. The van der Waals surface area contributed by atoms with Gasteiger partial charge in [0.05, 0.1) is 6.54 Å². The van der Waals surface area contributed by atoms with Gasteiger partial charge in [-0.1, -0.05) is 6.42 Å². The number of amides is 4. The van der Waals surface area contributed by atoms with Crippen LogP contribution in [0.3, 0.4) is 0 Å². The molecule has 1 saturated carbocycles. The lowest BCUT2D eigenvalue weighted by molar-refractivity contribution is -0.158. The molecule has 0 radical (unpaired) electrons. The van der Waals surface area contributed by atoms with Gasteiger partial charge in [0.25, 0.3) is 0 Å². The monoisotopic (exact) mass is 263 g/mol. The first-order valence-electron chi connectivity index (χ1n) is 6.05. The highest BCUT2D eigenvalue weighted by Gasteiger charge is 2.57. The summed E-state index contributed by atoms with van der Waals surface area (Å²) in [6.07, 6.45) is 3.32. The maximum Gasteiger partial charge on any atom is 0.331 e. The van der Waals surface area contributed by atoms with Crippen molar-refractivity contribution in [3.63, 3.8) is 0 Å². The number of nitrogens with zero attached hydrogens (tertiary/aromatic N) is 4. The molecule has 100 valence electrons. The van der Waals surface area contributed by atoms with Gasteiger partial charge in [-0.15, -0.1) is 10.2 Å². The van der Waals surface area contributed by atoms with E-state index in [2.05, 4.69) is 15.5 Å². The average Bonchev–Trinajstić information content (AvgIpc) is 2.68. The molecule has 2 fully saturated rings. The fraction of sp³-hybridized carbons (Fsp3) is 0.545. The molecule has 0 unspecified atom stereocenters. The summed E-state index contributed by atoms with van der Waals surface area (Å²) in [5.74, 6) is -0.397. The highest BCUT2D eigenvalue weighted by Crippen LogP contribution is 2.44. The van der Waals surface area contributed by atoms with Crippen LogP contribution in [-0.4, -0.2) is 37.5 Å². The molecule has 1 aliphatic carbocycles. The van der Waals surface area contributed by atoms with E-state index in [-0.39, 0.29) is 6.54 Å². The lowest BCUT2D eigenvalue weighted by Gasteiger charge is -2.44. The summed E-state index contributed by atoms with van der Waals surface area (Å²) in [6.45, 7) is 0.0240. The number of carbonyl (C=O) groups is 3. The van der Waals surface area contributed by atoms with Crippen molar-refractivity contribution < 1.29 is 14.4 Å². The maximum absolute atomic E-state index is 12.4. The Hall–Kier alpha value is -2.25. The molecule has 3 rings (SSSR count). The number of hydrogen-bond donors (Lipinski definition) is 1. The molecule has 8 heteroatoms. The van der Waals surface area contributed by atoms with Crippen molar-refractivity contribution in [1.82, 2.24) is 25.0 Å². The van der Waals surface area contributed by atoms with Crippen molar-refractivity contribution in [1.29, 1.82) is 0 Å². The Kier molecular flexibility index (Phi) is 2.41. The van der Waals surface area contributed by atoms with Gasteiger partial charge in [0.1, 0.15) is 11.7 Å². The Bertz CT molecular complexity index is 575. The van der Waals surface area contributed by atoms with E-state index < -0.39 is 23.3 Å². The summed E-state index contributed by atoms with van der Waals surface area (Å²) >= 11 is 0. The fourth-order valence-electron chi connectivity index (χ4n) is 2.44. The second kappa shape index (κ2) is 3.87. The van der Waals surface area contributed by atoms with E-state index in [0.717, 1.165) is 11.3 Å². The van der Waals surface area contributed by atoms with Gasteiger partial charge >= 0.3 is 6.03 Å². The average molecular weight is 263 g/mol. The van der Waals surface area contributed by atoms with E-state index in [9.17, 15) is 14.4 Å². The molecule has 1 N–H and O–H groups in total. The van der Waals surface area contributed by atoms with Crippen LogP contribution in [0.4, 0.5) is 4.79 Å². The van der Waals surface area contributed by atoms with Gasteiger partial charge in [-0.05, 0) is 12.8 Å². The maximum atomic E-state index is 12.4. The van der Waals surface area contributed by atoms with Gasteiger partial charge in [-0.2, -0.15) is 0 Å². The Morgan fingerprint density at radius 1 is 1.37 bits per heavy atom. The fourth-order valence-corrected chi connectivity index (χ4v) is 2.44. The molecule has 0 aromatic carbocycles. The normalized spacial score (nSPS) is 21.5. The van der Waals surface area contributed by atoms with Gasteiger partial charge in [0.2, 0.25) is 11.8 Å². The van der Waals surface area contributed by atoms with Crippen LogP contribution in [0, 0.1) is 5.41 Å². The third-order valence-electron chi connectivity index (χ3n) is 3.87. The van der Waals surface area contributed by atoms with Crippen LogP contribution in [-0.2, 0) is 23.2 Å². The second-order valence-corrected chi connectivity index (χ2v) is 4.94. The summed E-state index contributed by atoms with van der Waals surface area (Å²) in [5, 5.41) is 9.80. The van der Waals surface area contributed by atoms with Gasteiger partial charge < -0.3 is 4.57 Å². The number of aryl methyl sites for hydroxylation is 1. The van der Waals surface area contributed by atoms with Crippen LogP contribution in [0.25, 0.3) is 0 Å². The molecule has 1 saturated heterocycles. The molecule has 8 nitrogen and oxygen atoms in total. The number of imide groups is 2. The Labute approximate surface area is 108 Å². The molecule has 2 aliphatic rings. The smallest absolute Gasteiger partial charge is 0.319 e. The van der Waals surface area contributed by atoms with Gasteiger partial charge in [0, 0.05) is 7.05 Å². The van der Waals surface area contributed by atoms with Crippen molar-refractivity contribution in [3.8, 4) is 0 Å². The highest BCUT2D eigenvalue weighted by molar-refractivity contribution is 6.19. The summed E-state index contributed by atoms with van der Waals surface area (Å²) in [4.78, 5) is 37.0. The third-order valence-corrected chi connectivity index (χ3v) is 3.87.